The van der Waals surface area contributed by atoms with Crippen LogP contribution >= 0.6 is 11.5 Å². The van der Waals surface area contributed by atoms with Crippen LogP contribution in [0.5, 0.6) is 0 Å². The van der Waals surface area contributed by atoms with Gasteiger partial charge in [0.1, 0.15) is 10.6 Å². The minimum absolute atomic E-state index is 0.557. The Kier molecular flexibility index (Phi) is 1.43. The molecule has 0 spiro atoms. The highest BCUT2D eigenvalue weighted by atomic mass is 32.1. The van der Waals surface area contributed by atoms with Crippen LogP contribution in [0.2, 0.25) is 0 Å². The second-order valence-corrected chi connectivity index (χ2v) is 2.89. The van der Waals surface area contributed by atoms with E-state index in [4.69, 9.17) is 5.21 Å². The highest BCUT2D eigenvalue weighted by Crippen LogP contribution is 2.17. The van der Waals surface area contributed by atoms with Crippen molar-refractivity contribution in [2.75, 3.05) is 0 Å². The molecule has 0 fully saturated rings. The average Bonchev–Trinajstić information content (AvgIpc) is 2.50. The Labute approximate surface area is 67.0 Å². The molecule has 0 aliphatic heterocycles. The molecule has 5 heteroatoms. The molecule has 1 N–H and O–H groups in total. The number of hydrogen-bond acceptors (Lipinski definition) is 5. The van der Waals surface area contributed by atoms with Crippen molar-refractivity contribution >= 4 is 17.2 Å². The van der Waals surface area contributed by atoms with Crippen molar-refractivity contribution in [3.05, 3.63) is 22.7 Å². The van der Waals surface area contributed by atoms with Gasteiger partial charge in [0.15, 0.2) is 0 Å². The molecule has 11 heavy (non-hydrogen) atoms. The normalized spacial score (nSPS) is 18.7. The van der Waals surface area contributed by atoms with E-state index in [0.29, 0.717) is 5.71 Å². The molecule has 1 aromatic rings. The molecule has 1 aromatic heterocycles. The molecule has 0 amide bonds. The Morgan fingerprint density at radius 1 is 1.64 bits per heavy atom. The summed E-state index contributed by atoms with van der Waals surface area (Å²) >= 11 is 1.25. The molecule has 0 saturated carbocycles. The van der Waals surface area contributed by atoms with Crippen LogP contribution in [0.1, 0.15) is 10.6 Å². The van der Waals surface area contributed by atoms with Crippen molar-refractivity contribution in [1.29, 1.82) is 0 Å². The summed E-state index contributed by atoms with van der Waals surface area (Å²) in [6.45, 7) is 0. The minimum Gasteiger partial charge on any atom is -0.410 e. The third kappa shape index (κ3) is 0.932. The fourth-order valence-electron chi connectivity index (χ4n) is 0.973. The van der Waals surface area contributed by atoms with E-state index in [2.05, 4.69) is 14.7 Å². The summed E-state index contributed by atoms with van der Waals surface area (Å²) in [5, 5.41) is 15.5. The third-order valence-corrected chi connectivity index (χ3v) is 2.27. The van der Waals surface area contributed by atoms with Crippen LogP contribution in [0, 0.1) is 0 Å². The zero-order valence-corrected chi connectivity index (χ0v) is 6.38. The number of hydrogen-bond donors (Lipinski definition) is 1. The lowest BCUT2D eigenvalue weighted by molar-refractivity contribution is 0.320. The van der Waals surface area contributed by atoms with E-state index in [1.54, 1.807) is 6.08 Å². The van der Waals surface area contributed by atoms with E-state index >= 15 is 0 Å². The molecule has 0 unspecified atom stereocenters. The van der Waals surface area contributed by atoms with E-state index in [1.807, 2.05) is 6.08 Å². The number of oxime groups is 1. The summed E-state index contributed by atoms with van der Waals surface area (Å²) < 4.78 is 3.76. The molecule has 56 valence electrons. The summed E-state index contributed by atoms with van der Waals surface area (Å²) in [7, 11) is 0. The lowest BCUT2D eigenvalue weighted by atomic mass is 10.1. The molecule has 1 aliphatic rings. The topological polar surface area (TPSA) is 58.4 Å². The Morgan fingerprint density at radius 3 is 3.36 bits per heavy atom. The van der Waals surface area contributed by atoms with Gasteiger partial charge in [0.25, 0.3) is 0 Å². The summed E-state index contributed by atoms with van der Waals surface area (Å²) in [5.74, 6) is 0. The monoisotopic (exact) mass is 167 g/mol. The number of nitrogens with zero attached hydrogens (tertiary/aromatic N) is 3. The first-order chi connectivity index (χ1) is 5.42. The van der Waals surface area contributed by atoms with Gasteiger partial charge in [0, 0.05) is 6.42 Å². The molecule has 0 bridgehead atoms. The largest absolute Gasteiger partial charge is 0.410 e. The van der Waals surface area contributed by atoms with Crippen molar-refractivity contribution in [2.24, 2.45) is 5.16 Å². The maximum absolute atomic E-state index is 8.54. The highest BCUT2D eigenvalue weighted by molar-refractivity contribution is 7.08. The molecular weight excluding hydrogens is 162 g/mol. The minimum atomic E-state index is 0.557. The molecule has 4 nitrogen and oxygen atoms in total. The summed E-state index contributed by atoms with van der Waals surface area (Å²) in [4.78, 5) is 0.870. The Balaban J connectivity index is 2.55. The van der Waals surface area contributed by atoms with Crippen LogP contribution in [0.3, 0.4) is 0 Å². The van der Waals surface area contributed by atoms with Crippen LogP contribution in [0.25, 0.3) is 0 Å². The number of aromatic nitrogens is 2. The molecule has 0 saturated heterocycles. The van der Waals surface area contributed by atoms with Crippen LogP contribution in [-0.4, -0.2) is 20.5 Å². The standard InChI is InChI=1S/C6H5N3OS/c10-8-5-3-1-2-4-6(5)11-9-7-4/h1,3,10H,2H2/b8-5-. The SMILES string of the molecule is O/N=C1/C=CCc2nnsc21. The lowest BCUT2D eigenvalue weighted by Gasteiger charge is -2.01. The van der Waals surface area contributed by atoms with Crippen LogP contribution < -0.4 is 0 Å². The Morgan fingerprint density at radius 2 is 2.55 bits per heavy atom. The van der Waals surface area contributed by atoms with Gasteiger partial charge in [-0.2, -0.15) is 0 Å². The van der Waals surface area contributed by atoms with Gasteiger partial charge in [-0.05, 0) is 17.6 Å². The van der Waals surface area contributed by atoms with Crippen LogP contribution in [0.4, 0.5) is 0 Å². The lowest BCUT2D eigenvalue weighted by Crippen LogP contribution is -2.03. The summed E-state index contributed by atoms with van der Waals surface area (Å²) in [5.41, 5.74) is 1.45. The molecule has 2 rings (SSSR count). The van der Waals surface area contributed by atoms with Crippen molar-refractivity contribution < 1.29 is 5.21 Å². The predicted octanol–water partition coefficient (Wildman–Crippen LogP) is 0.829. The van der Waals surface area contributed by atoms with Crippen molar-refractivity contribution in [1.82, 2.24) is 9.59 Å². The molecule has 0 atom stereocenters. The van der Waals surface area contributed by atoms with Crippen molar-refractivity contribution in [2.45, 2.75) is 6.42 Å². The van der Waals surface area contributed by atoms with Gasteiger partial charge in [0.05, 0.1) is 5.69 Å². The van der Waals surface area contributed by atoms with Gasteiger partial charge < -0.3 is 5.21 Å². The predicted molar refractivity (Wildman–Crippen MR) is 41.1 cm³/mol. The van der Waals surface area contributed by atoms with E-state index in [-0.39, 0.29) is 0 Å². The molecular formula is C6H5N3OS. The zero-order valence-electron chi connectivity index (χ0n) is 5.56. The Hall–Kier alpha value is -1.23. The van der Waals surface area contributed by atoms with Gasteiger partial charge in [-0.15, -0.1) is 5.10 Å². The van der Waals surface area contributed by atoms with E-state index in [9.17, 15) is 0 Å². The molecule has 1 heterocycles. The first-order valence-corrected chi connectivity index (χ1v) is 3.89. The third-order valence-electron chi connectivity index (χ3n) is 1.48. The van der Waals surface area contributed by atoms with Crippen LogP contribution in [0.15, 0.2) is 17.3 Å². The highest BCUT2D eigenvalue weighted by Gasteiger charge is 2.14. The van der Waals surface area contributed by atoms with E-state index in [1.165, 1.54) is 11.5 Å². The average molecular weight is 167 g/mol. The second-order valence-electron chi connectivity index (χ2n) is 2.14. The number of allylic oxidation sites excluding steroid dienone is 2. The van der Waals surface area contributed by atoms with Gasteiger partial charge in [-0.3, -0.25) is 0 Å². The fourth-order valence-corrected chi connectivity index (χ4v) is 1.63. The molecule has 0 radical (unpaired) electrons. The van der Waals surface area contributed by atoms with Gasteiger partial charge in [0.2, 0.25) is 0 Å². The maximum Gasteiger partial charge on any atom is 0.123 e. The van der Waals surface area contributed by atoms with Crippen LogP contribution in [-0.2, 0) is 6.42 Å². The van der Waals surface area contributed by atoms with E-state index < -0.39 is 0 Å². The Bertz CT molecular complexity index is 328. The fraction of sp³-hybridized carbons (Fsp3) is 0.167. The summed E-state index contributed by atoms with van der Waals surface area (Å²) in [6, 6.07) is 0. The van der Waals surface area contributed by atoms with Crippen molar-refractivity contribution in [3.63, 3.8) is 0 Å². The quantitative estimate of drug-likeness (QED) is 0.460. The first-order valence-electron chi connectivity index (χ1n) is 3.12. The second kappa shape index (κ2) is 2.43. The van der Waals surface area contributed by atoms with Gasteiger partial charge in [-0.25, -0.2) is 0 Å². The summed E-state index contributed by atoms with van der Waals surface area (Å²) in [6.07, 6.45) is 4.45. The van der Waals surface area contributed by atoms with Gasteiger partial charge in [-0.1, -0.05) is 15.7 Å². The van der Waals surface area contributed by atoms with E-state index in [0.717, 1.165) is 17.0 Å². The smallest absolute Gasteiger partial charge is 0.123 e. The first kappa shape index (κ1) is 6.48. The number of rotatable bonds is 0. The molecule has 0 aromatic carbocycles. The maximum atomic E-state index is 8.54. The van der Waals surface area contributed by atoms with Gasteiger partial charge >= 0.3 is 0 Å². The van der Waals surface area contributed by atoms with Crippen molar-refractivity contribution in [3.8, 4) is 0 Å². The zero-order chi connectivity index (χ0) is 7.68. The molecule has 1 aliphatic carbocycles. The number of fused-ring (bicyclic) bond motifs is 1.